The van der Waals surface area contributed by atoms with E-state index in [0.717, 1.165) is 34.7 Å². The fourth-order valence-electron chi connectivity index (χ4n) is 2.09. The molecule has 20 heavy (non-hydrogen) atoms. The Balaban J connectivity index is 1.89. The van der Waals surface area contributed by atoms with Crippen LogP contribution in [-0.4, -0.2) is 10.1 Å². The molecule has 0 bridgehead atoms. The minimum atomic E-state index is 0.278. The van der Waals surface area contributed by atoms with E-state index < -0.39 is 0 Å². The lowest BCUT2D eigenvalue weighted by molar-refractivity contribution is 0.475. The van der Waals surface area contributed by atoms with Crippen LogP contribution in [0, 0.1) is 0 Å². The summed E-state index contributed by atoms with van der Waals surface area (Å²) in [5.41, 5.74) is 4.08. The van der Waals surface area contributed by atoms with E-state index in [4.69, 9.17) is 4.42 Å². The first kappa shape index (κ1) is 12.5. The van der Waals surface area contributed by atoms with Crippen molar-refractivity contribution in [3.05, 3.63) is 60.7 Å². The van der Waals surface area contributed by atoms with Crippen LogP contribution in [0.3, 0.4) is 0 Å². The van der Waals surface area contributed by atoms with Crippen molar-refractivity contribution < 1.29 is 9.52 Å². The normalized spacial score (nSPS) is 10.7. The lowest BCUT2D eigenvalue weighted by Crippen LogP contribution is -1.82. The third kappa shape index (κ3) is 2.43. The number of aromatic nitrogens is 1. The molecule has 3 rings (SSSR count). The quantitative estimate of drug-likeness (QED) is 0.769. The molecule has 0 saturated carbocycles. The van der Waals surface area contributed by atoms with Gasteiger partial charge in [-0.25, -0.2) is 4.98 Å². The minimum Gasteiger partial charge on any atom is -0.508 e. The molecule has 2 aromatic carbocycles. The molecular formula is C17H15NO2. The molecule has 0 unspecified atom stereocenters. The average Bonchev–Trinajstić information content (AvgIpc) is 2.97. The molecule has 0 spiro atoms. The van der Waals surface area contributed by atoms with Crippen LogP contribution in [0.15, 0.2) is 59.2 Å². The summed E-state index contributed by atoms with van der Waals surface area (Å²) in [6.07, 6.45) is 2.49. The van der Waals surface area contributed by atoms with Crippen LogP contribution in [0.2, 0.25) is 0 Å². The summed E-state index contributed by atoms with van der Waals surface area (Å²) >= 11 is 0. The molecule has 0 aliphatic rings. The van der Waals surface area contributed by atoms with Gasteiger partial charge in [0, 0.05) is 12.0 Å². The topological polar surface area (TPSA) is 46.3 Å². The van der Waals surface area contributed by atoms with Crippen LogP contribution in [0.4, 0.5) is 0 Å². The molecule has 0 aliphatic heterocycles. The number of benzene rings is 2. The summed E-state index contributed by atoms with van der Waals surface area (Å²) in [7, 11) is 0. The van der Waals surface area contributed by atoms with Gasteiger partial charge in [-0.3, -0.25) is 0 Å². The van der Waals surface area contributed by atoms with E-state index >= 15 is 0 Å². The molecule has 3 heteroatoms. The highest BCUT2D eigenvalue weighted by molar-refractivity contribution is 5.68. The summed E-state index contributed by atoms with van der Waals surface area (Å²) in [5.74, 6) is 1.03. The largest absolute Gasteiger partial charge is 0.508 e. The van der Waals surface area contributed by atoms with Gasteiger partial charge in [0.2, 0.25) is 0 Å². The summed E-state index contributed by atoms with van der Waals surface area (Å²) in [4.78, 5) is 4.41. The number of oxazole rings is 1. The van der Waals surface area contributed by atoms with Gasteiger partial charge in [-0.1, -0.05) is 43.3 Å². The van der Waals surface area contributed by atoms with Crippen molar-refractivity contribution in [3.63, 3.8) is 0 Å². The maximum Gasteiger partial charge on any atom is 0.194 e. The summed E-state index contributed by atoms with van der Waals surface area (Å²) < 4.78 is 5.36. The van der Waals surface area contributed by atoms with Crippen molar-refractivity contribution in [1.82, 2.24) is 4.98 Å². The van der Waals surface area contributed by atoms with Crippen LogP contribution in [-0.2, 0) is 6.42 Å². The molecule has 100 valence electrons. The highest BCUT2D eigenvalue weighted by Gasteiger charge is 2.05. The fraction of sp³-hybridized carbons (Fsp3) is 0.118. The van der Waals surface area contributed by atoms with Crippen molar-refractivity contribution in [2.45, 2.75) is 13.3 Å². The SMILES string of the molecule is CCc1nc(-c2ccc(-c3ccc(O)cc3)cc2)co1. The van der Waals surface area contributed by atoms with Crippen LogP contribution in [0.5, 0.6) is 5.75 Å². The first-order valence-electron chi connectivity index (χ1n) is 6.60. The first-order chi connectivity index (χ1) is 9.76. The second-order valence-electron chi connectivity index (χ2n) is 4.60. The van der Waals surface area contributed by atoms with Crippen LogP contribution in [0.25, 0.3) is 22.4 Å². The van der Waals surface area contributed by atoms with E-state index in [0.29, 0.717) is 0 Å². The van der Waals surface area contributed by atoms with Gasteiger partial charge in [-0.05, 0) is 23.3 Å². The predicted octanol–water partition coefficient (Wildman–Crippen LogP) is 4.28. The van der Waals surface area contributed by atoms with E-state index in [1.165, 1.54) is 0 Å². The van der Waals surface area contributed by atoms with Crippen molar-refractivity contribution in [2.24, 2.45) is 0 Å². The zero-order chi connectivity index (χ0) is 13.9. The maximum atomic E-state index is 9.30. The molecule has 3 aromatic rings. The zero-order valence-electron chi connectivity index (χ0n) is 11.2. The second-order valence-corrected chi connectivity index (χ2v) is 4.60. The molecule has 1 N–H and O–H groups in total. The molecule has 0 fully saturated rings. The van der Waals surface area contributed by atoms with Crippen molar-refractivity contribution in [3.8, 4) is 28.1 Å². The standard InChI is InChI=1S/C17H15NO2/c1-2-17-18-16(11-20-17)14-5-3-12(4-6-14)13-7-9-15(19)10-8-13/h3-11,19H,2H2,1H3. The molecule has 1 aromatic heterocycles. The molecule has 0 aliphatic carbocycles. The average molecular weight is 265 g/mol. The second kappa shape index (κ2) is 5.21. The Hall–Kier alpha value is -2.55. The monoisotopic (exact) mass is 265 g/mol. The number of rotatable bonds is 3. The van der Waals surface area contributed by atoms with Gasteiger partial charge in [0.05, 0.1) is 0 Å². The maximum absolute atomic E-state index is 9.30. The van der Waals surface area contributed by atoms with Gasteiger partial charge in [0.15, 0.2) is 5.89 Å². The Labute approximate surface area is 117 Å². The van der Waals surface area contributed by atoms with Crippen molar-refractivity contribution in [1.29, 1.82) is 0 Å². The van der Waals surface area contributed by atoms with Crippen LogP contribution < -0.4 is 0 Å². The van der Waals surface area contributed by atoms with Crippen molar-refractivity contribution >= 4 is 0 Å². The number of phenols is 1. The van der Waals surface area contributed by atoms with Gasteiger partial charge in [-0.15, -0.1) is 0 Å². The van der Waals surface area contributed by atoms with Gasteiger partial charge in [0.1, 0.15) is 17.7 Å². The number of hydrogen-bond donors (Lipinski definition) is 1. The molecule has 0 amide bonds. The Bertz CT molecular complexity index is 697. The van der Waals surface area contributed by atoms with Gasteiger partial charge >= 0.3 is 0 Å². The highest BCUT2D eigenvalue weighted by Crippen LogP contribution is 2.25. The highest BCUT2D eigenvalue weighted by atomic mass is 16.3. The van der Waals surface area contributed by atoms with Gasteiger partial charge in [0.25, 0.3) is 0 Å². The fourth-order valence-corrected chi connectivity index (χ4v) is 2.09. The van der Waals surface area contributed by atoms with Crippen molar-refractivity contribution in [2.75, 3.05) is 0 Å². The molecule has 1 heterocycles. The van der Waals surface area contributed by atoms with Gasteiger partial charge < -0.3 is 9.52 Å². The van der Waals surface area contributed by atoms with E-state index in [9.17, 15) is 5.11 Å². The lowest BCUT2D eigenvalue weighted by Gasteiger charge is -2.03. The zero-order valence-corrected chi connectivity index (χ0v) is 11.2. The smallest absolute Gasteiger partial charge is 0.194 e. The Kier molecular flexibility index (Phi) is 3.25. The number of aryl methyl sites for hydroxylation is 1. The summed E-state index contributed by atoms with van der Waals surface area (Å²) in [6.45, 7) is 2.02. The summed E-state index contributed by atoms with van der Waals surface area (Å²) in [5, 5.41) is 9.30. The number of aromatic hydroxyl groups is 1. The minimum absolute atomic E-state index is 0.278. The van der Waals surface area contributed by atoms with E-state index in [2.05, 4.69) is 4.98 Å². The van der Waals surface area contributed by atoms with E-state index in [-0.39, 0.29) is 5.75 Å². The summed E-state index contributed by atoms with van der Waals surface area (Å²) in [6, 6.07) is 15.3. The third-order valence-electron chi connectivity index (χ3n) is 3.24. The molecule has 0 atom stereocenters. The van der Waals surface area contributed by atoms with Gasteiger partial charge in [-0.2, -0.15) is 0 Å². The number of phenolic OH excluding ortho intramolecular Hbond substituents is 1. The first-order valence-corrected chi connectivity index (χ1v) is 6.60. The molecule has 0 saturated heterocycles. The van der Waals surface area contributed by atoms with Crippen LogP contribution in [0.1, 0.15) is 12.8 Å². The predicted molar refractivity (Wildman–Crippen MR) is 78.4 cm³/mol. The Morgan fingerprint density at radius 1 is 0.900 bits per heavy atom. The number of hydrogen-bond acceptors (Lipinski definition) is 3. The van der Waals surface area contributed by atoms with E-state index in [1.54, 1.807) is 18.4 Å². The number of nitrogens with zero attached hydrogens (tertiary/aromatic N) is 1. The Morgan fingerprint density at radius 3 is 2.00 bits per heavy atom. The molecule has 0 radical (unpaired) electrons. The van der Waals surface area contributed by atoms with E-state index in [1.807, 2.05) is 43.3 Å². The molecule has 3 nitrogen and oxygen atoms in total. The Morgan fingerprint density at radius 2 is 1.45 bits per heavy atom. The molecular weight excluding hydrogens is 250 g/mol. The third-order valence-corrected chi connectivity index (χ3v) is 3.24. The lowest BCUT2D eigenvalue weighted by atomic mass is 10.0. The van der Waals surface area contributed by atoms with Crippen LogP contribution >= 0.6 is 0 Å².